The van der Waals surface area contributed by atoms with Crippen LogP contribution in [0.5, 0.6) is 5.75 Å². The number of ether oxygens (including phenoxy) is 1. The van der Waals surface area contributed by atoms with Gasteiger partial charge < -0.3 is 14.9 Å². The number of rotatable bonds is 2. The third-order valence-electron chi connectivity index (χ3n) is 2.52. The fourth-order valence-electron chi connectivity index (χ4n) is 1.77. The van der Waals surface area contributed by atoms with Crippen LogP contribution in [0.15, 0.2) is 24.3 Å². The minimum atomic E-state index is -0.620. The van der Waals surface area contributed by atoms with Crippen LogP contribution in [0.3, 0.4) is 0 Å². The van der Waals surface area contributed by atoms with Gasteiger partial charge in [0.1, 0.15) is 5.75 Å². The largest absolute Gasteiger partial charge is 0.508 e. The number of hydrogen-bond acceptors (Lipinski definition) is 3. The maximum absolute atomic E-state index is 9.52. The number of phenolic OH excluding ortho intramolecular Hbond substituents is 1. The minimum absolute atomic E-state index is 0.0401. The molecule has 1 saturated heterocycles. The summed E-state index contributed by atoms with van der Waals surface area (Å²) >= 11 is 0. The summed E-state index contributed by atoms with van der Waals surface area (Å²) in [7, 11) is 0. The van der Waals surface area contributed by atoms with Crippen LogP contribution in [0.2, 0.25) is 0 Å². The van der Waals surface area contributed by atoms with E-state index >= 15 is 0 Å². The maximum Gasteiger partial charge on any atom is 0.155 e. The normalized spacial score (nSPS) is 26.6. The summed E-state index contributed by atoms with van der Waals surface area (Å²) in [5, 5.41) is 18.7. The predicted molar refractivity (Wildman–Crippen MR) is 51.9 cm³/mol. The second-order valence-corrected chi connectivity index (χ2v) is 3.62. The number of hydrogen-bond donors (Lipinski definition) is 2. The number of aromatic hydroxyl groups is 1. The minimum Gasteiger partial charge on any atom is -0.508 e. The summed E-state index contributed by atoms with van der Waals surface area (Å²) in [5.74, 6) is 0.303. The Morgan fingerprint density at radius 2 is 2.07 bits per heavy atom. The van der Waals surface area contributed by atoms with Gasteiger partial charge in [0.05, 0.1) is 6.10 Å². The van der Waals surface area contributed by atoms with Crippen molar-refractivity contribution in [3.05, 3.63) is 29.8 Å². The molecule has 0 bridgehead atoms. The first-order chi connectivity index (χ1) is 6.75. The van der Waals surface area contributed by atoms with E-state index in [0.29, 0.717) is 18.6 Å². The van der Waals surface area contributed by atoms with Crippen LogP contribution in [0.1, 0.15) is 18.4 Å². The van der Waals surface area contributed by atoms with Crippen molar-refractivity contribution in [2.24, 2.45) is 0 Å². The van der Waals surface area contributed by atoms with Crippen LogP contribution in [0.4, 0.5) is 0 Å². The topological polar surface area (TPSA) is 49.7 Å². The van der Waals surface area contributed by atoms with Crippen LogP contribution < -0.4 is 0 Å². The predicted octanol–water partition coefficient (Wildman–Crippen LogP) is 1.43. The molecule has 76 valence electrons. The Morgan fingerprint density at radius 1 is 1.29 bits per heavy atom. The molecular formula is C11H14O3. The number of para-hydroxylation sites is 1. The molecule has 2 N–H and O–H groups in total. The van der Waals surface area contributed by atoms with Gasteiger partial charge in [-0.2, -0.15) is 0 Å². The van der Waals surface area contributed by atoms with Gasteiger partial charge in [-0.15, -0.1) is 0 Å². The lowest BCUT2D eigenvalue weighted by atomic mass is 10.1. The molecule has 1 aliphatic rings. The Balaban J connectivity index is 2.01. The highest BCUT2D eigenvalue weighted by Crippen LogP contribution is 2.24. The van der Waals surface area contributed by atoms with Gasteiger partial charge in [-0.3, -0.25) is 0 Å². The van der Waals surface area contributed by atoms with E-state index in [1.807, 2.05) is 12.1 Å². The molecule has 1 aliphatic heterocycles. The Morgan fingerprint density at radius 3 is 2.71 bits per heavy atom. The standard InChI is InChI=1S/C11H14O3/c12-10-4-2-1-3-8(10)7-9-5-6-11(13)14-9/h1-4,9,11-13H,5-7H2. The molecule has 2 unspecified atom stereocenters. The molecule has 1 aromatic carbocycles. The number of aliphatic hydroxyl groups is 1. The first-order valence-corrected chi connectivity index (χ1v) is 4.86. The lowest BCUT2D eigenvalue weighted by Crippen LogP contribution is -2.12. The summed E-state index contributed by atoms with van der Waals surface area (Å²) in [5.41, 5.74) is 0.881. The molecule has 2 rings (SSSR count). The van der Waals surface area contributed by atoms with Gasteiger partial charge in [0.15, 0.2) is 6.29 Å². The molecular weight excluding hydrogens is 180 g/mol. The number of aliphatic hydroxyl groups excluding tert-OH is 1. The summed E-state index contributed by atoms with van der Waals surface area (Å²) in [6.45, 7) is 0. The van der Waals surface area contributed by atoms with Crippen LogP contribution in [0.25, 0.3) is 0 Å². The van der Waals surface area contributed by atoms with Gasteiger partial charge in [-0.05, 0) is 18.1 Å². The molecule has 1 heterocycles. The fourth-order valence-corrected chi connectivity index (χ4v) is 1.77. The molecule has 0 spiro atoms. The molecule has 0 radical (unpaired) electrons. The van der Waals surface area contributed by atoms with Gasteiger partial charge in [0, 0.05) is 12.8 Å². The highest BCUT2D eigenvalue weighted by Gasteiger charge is 2.23. The first-order valence-electron chi connectivity index (χ1n) is 4.86. The molecule has 1 aromatic rings. The van der Waals surface area contributed by atoms with Crippen LogP contribution >= 0.6 is 0 Å². The molecule has 1 fully saturated rings. The summed E-state index contributed by atoms with van der Waals surface area (Å²) in [6, 6.07) is 7.23. The lowest BCUT2D eigenvalue weighted by Gasteiger charge is -2.11. The van der Waals surface area contributed by atoms with Crippen molar-refractivity contribution in [3.8, 4) is 5.75 Å². The maximum atomic E-state index is 9.52. The van der Waals surface area contributed by atoms with E-state index in [2.05, 4.69) is 0 Å². The molecule has 0 aromatic heterocycles. The molecule has 14 heavy (non-hydrogen) atoms. The second-order valence-electron chi connectivity index (χ2n) is 3.62. The van der Waals surface area contributed by atoms with Gasteiger partial charge in [-0.1, -0.05) is 18.2 Å². The lowest BCUT2D eigenvalue weighted by molar-refractivity contribution is -0.0895. The van der Waals surface area contributed by atoms with Gasteiger partial charge >= 0.3 is 0 Å². The Bertz CT molecular complexity index is 311. The monoisotopic (exact) mass is 194 g/mol. The smallest absolute Gasteiger partial charge is 0.155 e. The average molecular weight is 194 g/mol. The van der Waals surface area contributed by atoms with E-state index in [4.69, 9.17) is 9.84 Å². The Labute approximate surface area is 83.0 Å². The van der Waals surface area contributed by atoms with Crippen molar-refractivity contribution in [1.82, 2.24) is 0 Å². The molecule has 3 heteroatoms. The van der Waals surface area contributed by atoms with E-state index in [9.17, 15) is 5.11 Å². The summed E-state index contributed by atoms with van der Waals surface area (Å²) < 4.78 is 5.26. The number of phenols is 1. The third kappa shape index (κ3) is 2.05. The molecule has 0 aliphatic carbocycles. The zero-order valence-electron chi connectivity index (χ0n) is 7.89. The SMILES string of the molecule is Oc1ccccc1CC1CCC(O)O1. The third-order valence-corrected chi connectivity index (χ3v) is 2.52. The van der Waals surface area contributed by atoms with E-state index < -0.39 is 6.29 Å². The van der Waals surface area contributed by atoms with Crippen molar-refractivity contribution in [3.63, 3.8) is 0 Å². The average Bonchev–Trinajstić information content (AvgIpc) is 2.56. The zero-order chi connectivity index (χ0) is 9.97. The van der Waals surface area contributed by atoms with Crippen LogP contribution in [0, 0.1) is 0 Å². The number of benzene rings is 1. The van der Waals surface area contributed by atoms with E-state index in [1.54, 1.807) is 12.1 Å². The molecule has 2 atom stereocenters. The van der Waals surface area contributed by atoms with Crippen molar-refractivity contribution < 1.29 is 14.9 Å². The Hall–Kier alpha value is -1.06. The highest BCUT2D eigenvalue weighted by atomic mass is 16.6. The van der Waals surface area contributed by atoms with E-state index in [0.717, 1.165) is 12.0 Å². The van der Waals surface area contributed by atoms with Crippen LogP contribution in [-0.4, -0.2) is 22.6 Å². The van der Waals surface area contributed by atoms with Gasteiger partial charge in [0.2, 0.25) is 0 Å². The van der Waals surface area contributed by atoms with Crippen molar-refractivity contribution in [2.75, 3.05) is 0 Å². The summed E-state index contributed by atoms with van der Waals surface area (Å²) in [4.78, 5) is 0. The fraction of sp³-hybridized carbons (Fsp3) is 0.455. The van der Waals surface area contributed by atoms with Gasteiger partial charge in [-0.25, -0.2) is 0 Å². The van der Waals surface area contributed by atoms with Crippen LogP contribution in [-0.2, 0) is 11.2 Å². The Kier molecular flexibility index (Phi) is 2.70. The van der Waals surface area contributed by atoms with Crippen molar-refractivity contribution in [1.29, 1.82) is 0 Å². The second kappa shape index (κ2) is 3.98. The van der Waals surface area contributed by atoms with Crippen molar-refractivity contribution >= 4 is 0 Å². The molecule has 3 nitrogen and oxygen atoms in total. The zero-order valence-corrected chi connectivity index (χ0v) is 7.89. The summed E-state index contributed by atoms with van der Waals surface area (Å²) in [6.07, 6.45) is 1.64. The molecule has 0 saturated carbocycles. The molecule has 0 amide bonds. The van der Waals surface area contributed by atoms with Crippen molar-refractivity contribution in [2.45, 2.75) is 31.7 Å². The van der Waals surface area contributed by atoms with E-state index in [-0.39, 0.29) is 6.10 Å². The quantitative estimate of drug-likeness (QED) is 0.748. The highest BCUT2D eigenvalue weighted by molar-refractivity contribution is 5.32. The van der Waals surface area contributed by atoms with Gasteiger partial charge in [0.25, 0.3) is 0 Å². The van der Waals surface area contributed by atoms with E-state index in [1.165, 1.54) is 0 Å². The first kappa shape index (κ1) is 9.49.